The summed E-state index contributed by atoms with van der Waals surface area (Å²) >= 11 is 0. The monoisotopic (exact) mass is 409 g/mol. The minimum Gasteiger partial charge on any atom is -0.345 e. The summed E-state index contributed by atoms with van der Waals surface area (Å²) in [4.78, 5) is 32.9. The molecule has 3 aromatic rings. The molecule has 0 N–H and O–H groups in total. The van der Waals surface area contributed by atoms with E-state index in [9.17, 15) is 14.0 Å². The van der Waals surface area contributed by atoms with Gasteiger partial charge in [-0.25, -0.2) is 13.9 Å². The molecule has 0 aliphatic carbocycles. The second kappa shape index (κ2) is 8.22. The SMILES string of the molecule is CN(C)C(=O)c1cnn2c(C3CCCN(C(=O)Cc4ccc(F)cc4)C3)ccnc12. The fourth-order valence-electron chi connectivity index (χ4n) is 3.94. The molecule has 1 atom stereocenters. The highest BCUT2D eigenvalue weighted by Gasteiger charge is 2.27. The minimum absolute atomic E-state index is 0.0283. The number of fused-ring (bicyclic) bond motifs is 1. The molecule has 1 fully saturated rings. The molecule has 1 aromatic carbocycles. The predicted octanol–water partition coefficient (Wildman–Crippen LogP) is 2.52. The van der Waals surface area contributed by atoms with Crippen LogP contribution in [0.5, 0.6) is 0 Å². The van der Waals surface area contributed by atoms with Crippen LogP contribution in [0, 0.1) is 5.82 Å². The Kier molecular flexibility index (Phi) is 5.48. The zero-order chi connectivity index (χ0) is 21.3. The highest BCUT2D eigenvalue weighted by molar-refractivity contribution is 5.99. The van der Waals surface area contributed by atoms with E-state index in [-0.39, 0.29) is 30.0 Å². The van der Waals surface area contributed by atoms with Gasteiger partial charge in [0.1, 0.15) is 11.4 Å². The number of halogens is 1. The zero-order valence-electron chi connectivity index (χ0n) is 17.1. The Morgan fingerprint density at radius 3 is 2.70 bits per heavy atom. The normalized spacial score (nSPS) is 16.6. The molecule has 1 saturated heterocycles. The average molecular weight is 409 g/mol. The van der Waals surface area contributed by atoms with Crippen molar-refractivity contribution in [2.75, 3.05) is 27.2 Å². The lowest BCUT2D eigenvalue weighted by Crippen LogP contribution is -2.40. The van der Waals surface area contributed by atoms with Crippen LogP contribution in [-0.4, -0.2) is 63.4 Å². The molecular weight excluding hydrogens is 385 g/mol. The first-order chi connectivity index (χ1) is 14.4. The van der Waals surface area contributed by atoms with E-state index in [2.05, 4.69) is 10.1 Å². The number of hydrogen-bond donors (Lipinski definition) is 0. The van der Waals surface area contributed by atoms with Crippen LogP contribution in [0.15, 0.2) is 42.7 Å². The maximum absolute atomic E-state index is 13.1. The molecule has 8 heteroatoms. The summed E-state index contributed by atoms with van der Waals surface area (Å²) in [5, 5.41) is 4.41. The molecule has 0 radical (unpaired) electrons. The van der Waals surface area contributed by atoms with Crippen molar-refractivity contribution in [2.24, 2.45) is 0 Å². The Labute approximate surface area is 174 Å². The van der Waals surface area contributed by atoms with Gasteiger partial charge in [-0.1, -0.05) is 12.1 Å². The number of nitrogens with zero attached hydrogens (tertiary/aromatic N) is 5. The highest BCUT2D eigenvalue weighted by atomic mass is 19.1. The lowest BCUT2D eigenvalue weighted by atomic mass is 9.94. The number of hydrogen-bond acceptors (Lipinski definition) is 4. The maximum atomic E-state index is 13.1. The third-order valence-corrected chi connectivity index (χ3v) is 5.53. The lowest BCUT2D eigenvalue weighted by Gasteiger charge is -2.33. The topological polar surface area (TPSA) is 70.8 Å². The van der Waals surface area contributed by atoms with Gasteiger partial charge in [0, 0.05) is 39.3 Å². The molecule has 0 bridgehead atoms. The fourth-order valence-corrected chi connectivity index (χ4v) is 3.94. The lowest BCUT2D eigenvalue weighted by molar-refractivity contribution is -0.131. The first-order valence-electron chi connectivity index (χ1n) is 10.0. The van der Waals surface area contributed by atoms with Crippen molar-refractivity contribution in [1.29, 1.82) is 0 Å². The fraction of sp³-hybridized carbons (Fsp3) is 0.364. The van der Waals surface area contributed by atoms with Gasteiger partial charge in [-0.15, -0.1) is 0 Å². The molecule has 1 aliphatic rings. The number of amides is 2. The molecule has 7 nitrogen and oxygen atoms in total. The second-order valence-corrected chi connectivity index (χ2v) is 7.85. The third-order valence-electron chi connectivity index (χ3n) is 5.53. The first-order valence-corrected chi connectivity index (χ1v) is 10.0. The van der Waals surface area contributed by atoms with E-state index >= 15 is 0 Å². The second-order valence-electron chi connectivity index (χ2n) is 7.85. The molecule has 0 saturated carbocycles. The van der Waals surface area contributed by atoms with E-state index in [1.807, 2.05) is 11.0 Å². The number of benzene rings is 1. The molecule has 4 rings (SSSR count). The summed E-state index contributed by atoms with van der Waals surface area (Å²) in [5.41, 5.74) is 2.73. The van der Waals surface area contributed by atoms with Crippen LogP contribution < -0.4 is 0 Å². The molecule has 30 heavy (non-hydrogen) atoms. The molecular formula is C22H24FN5O2. The van der Waals surface area contributed by atoms with Crippen LogP contribution in [0.4, 0.5) is 4.39 Å². The van der Waals surface area contributed by atoms with Gasteiger partial charge in [0.05, 0.1) is 18.3 Å². The van der Waals surface area contributed by atoms with Gasteiger partial charge in [-0.2, -0.15) is 5.10 Å². The van der Waals surface area contributed by atoms with Gasteiger partial charge in [0.2, 0.25) is 5.91 Å². The summed E-state index contributed by atoms with van der Waals surface area (Å²) < 4.78 is 14.8. The van der Waals surface area contributed by atoms with Crippen LogP contribution in [0.25, 0.3) is 5.65 Å². The highest BCUT2D eigenvalue weighted by Crippen LogP contribution is 2.28. The van der Waals surface area contributed by atoms with Crippen molar-refractivity contribution >= 4 is 17.5 Å². The van der Waals surface area contributed by atoms with E-state index in [0.29, 0.717) is 24.3 Å². The number of likely N-dealkylation sites (tertiary alicyclic amines) is 1. The molecule has 3 heterocycles. The van der Waals surface area contributed by atoms with E-state index in [1.165, 1.54) is 17.0 Å². The summed E-state index contributed by atoms with van der Waals surface area (Å²) in [6.45, 7) is 1.28. The molecule has 2 aromatic heterocycles. The van der Waals surface area contributed by atoms with Gasteiger partial charge in [0.15, 0.2) is 5.65 Å². The quantitative estimate of drug-likeness (QED) is 0.664. The van der Waals surface area contributed by atoms with Crippen LogP contribution in [-0.2, 0) is 11.2 Å². The average Bonchev–Trinajstić information content (AvgIpc) is 3.19. The van der Waals surface area contributed by atoms with Crippen molar-refractivity contribution in [3.63, 3.8) is 0 Å². The van der Waals surface area contributed by atoms with Crippen LogP contribution >= 0.6 is 0 Å². The maximum Gasteiger partial charge on any atom is 0.258 e. The molecule has 2 amide bonds. The van der Waals surface area contributed by atoms with Crippen molar-refractivity contribution < 1.29 is 14.0 Å². The number of aromatic nitrogens is 3. The van der Waals surface area contributed by atoms with E-state index < -0.39 is 0 Å². The summed E-state index contributed by atoms with van der Waals surface area (Å²) in [7, 11) is 3.39. The first kappa shape index (κ1) is 20.0. The molecule has 0 spiro atoms. The van der Waals surface area contributed by atoms with Gasteiger partial charge in [-0.05, 0) is 36.6 Å². The van der Waals surface area contributed by atoms with Crippen molar-refractivity contribution in [3.05, 3.63) is 65.4 Å². The third kappa shape index (κ3) is 3.90. The summed E-state index contributed by atoms with van der Waals surface area (Å²) in [6, 6.07) is 7.95. The van der Waals surface area contributed by atoms with E-state index in [0.717, 1.165) is 24.1 Å². The number of rotatable bonds is 4. The van der Waals surface area contributed by atoms with Crippen molar-refractivity contribution in [1.82, 2.24) is 24.4 Å². The Hall–Kier alpha value is -3.29. The number of piperidine rings is 1. The number of carbonyl (C=O) groups excluding carboxylic acids is 2. The minimum atomic E-state index is -0.308. The van der Waals surface area contributed by atoms with E-state index in [1.54, 1.807) is 43.1 Å². The molecule has 1 aliphatic heterocycles. The van der Waals surface area contributed by atoms with Crippen molar-refractivity contribution in [2.45, 2.75) is 25.2 Å². The smallest absolute Gasteiger partial charge is 0.258 e. The van der Waals surface area contributed by atoms with Crippen LogP contribution in [0.1, 0.15) is 40.4 Å². The standard InChI is InChI=1S/C22H24FN5O2/c1-26(2)22(30)18-13-25-28-19(9-10-24-21(18)28)16-4-3-11-27(14-16)20(29)12-15-5-7-17(23)8-6-15/h5-10,13,16H,3-4,11-12,14H2,1-2H3. The summed E-state index contributed by atoms with van der Waals surface area (Å²) in [5.74, 6) is -0.323. The van der Waals surface area contributed by atoms with Crippen LogP contribution in [0.3, 0.4) is 0 Å². The molecule has 1 unspecified atom stereocenters. The largest absolute Gasteiger partial charge is 0.345 e. The Morgan fingerprint density at radius 1 is 1.20 bits per heavy atom. The summed E-state index contributed by atoms with van der Waals surface area (Å²) in [6.07, 6.45) is 5.30. The Morgan fingerprint density at radius 2 is 1.97 bits per heavy atom. The van der Waals surface area contributed by atoms with E-state index in [4.69, 9.17) is 0 Å². The van der Waals surface area contributed by atoms with Gasteiger partial charge >= 0.3 is 0 Å². The van der Waals surface area contributed by atoms with Gasteiger partial charge in [-0.3, -0.25) is 9.59 Å². The zero-order valence-corrected chi connectivity index (χ0v) is 17.1. The van der Waals surface area contributed by atoms with Crippen molar-refractivity contribution in [3.8, 4) is 0 Å². The number of carbonyl (C=O) groups is 2. The Balaban J connectivity index is 1.54. The van der Waals surface area contributed by atoms with Gasteiger partial charge < -0.3 is 9.80 Å². The Bertz CT molecular complexity index is 1080. The predicted molar refractivity (Wildman–Crippen MR) is 110 cm³/mol. The van der Waals surface area contributed by atoms with Gasteiger partial charge in [0.25, 0.3) is 5.91 Å². The molecule has 156 valence electrons. The van der Waals surface area contributed by atoms with Crippen LogP contribution in [0.2, 0.25) is 0 Å².